The smallest absolute Gasteiger partial charge is 0.462 e. The van der Waals surface area contributed by atoms with Crippen LogP contribution in [0.4, 0.5) is 0 Å². The van der Waals surface area contributed by atoms with Gasteiger partial charge in [-0.15, -0.1) is 0 Å². The van der Waals surface area contributed by atoms with Crippen LogP contribution in [0.15, 0.2) is 85.1 Å². The molecule has 68 heavy (non-hydrogen) atoms. The Balaban J connectivity index is 4.81. The van der Waals surface area contributed by atoms with Crippen molar-refractivity contribution >= 4 is 25.7 Å². The maximum atomic E-state index is 12.8. The number of ether oxygens (including phenoxy) is 3. The van der Waals surface area contributed by atoms with E-state index < -0.39 is 57.8 Å². The summed E-state index contributed by atoms with van der Waals surface area (Å²) < 4.78 is 39.2. The van der Waals surface area contributed by atoms with Gasteiger partial charge in [0.2, 0.25) is 0 Å². The highest BCUT2D eigenvalue weighted by molar-refractivity contribution is 7.47. The Bertz CT molecular complexity index is 1460. The van der Waals surface area contributed by atoms with Gasteiger partial charge in [0.1, 0.15) is 12.7 Å². The molecule has 0 aliphatic rings. The summed E-state index contributed by atoms with van der Waals surface area (Å²) in [6.07, 6.45) is 55.8. The second-order valence-electron chi connectivity index (χ2n) is 17.3. The molecule has 0 aromatic carbocycles. The highest BCUT2D eigenvalue weighted by Gasteiger charge is 2.28. The summed E-state index contributed by atoms with van der Waals surface area (Å²) in [7, 11) is -4.76. The average molecular weight is 975 g/mol. The van der Waals surface area contributed by atoms with Crippen LogP contribution >= 0.6 is 7.82 Å². The van der Waals surface area contributed by atoms with Crippen molar-refractivity contribution in [3.63, 3.8) is 0 Å². The Hall–Kier alpha value is -3.34. The molecule has 0 aromatic heterocycles. The maximum absolute atomic E-state index is 12.8. The summed E-state index contributed by atoms with van der Waals surface area (Å²) in [6, 6.07) is 0. The molecule has 0 fully saturated rings. The minimum atomic E-state index is -4.76. The van der Waals surface area contributed by atoms with Crippen LogP contribution in [0.5, 0.6) is 0 Å². The molecule has 3 unspecified atom stereocenters. The Kier molecular flexibility index (Phi) is 47.6. The van der Waals surface area contributed by atoms with Crippen LogP contribution in [0.2, 0.25) is 0 Å². The minimum Gasteiger partial charge on any atom is -0.462 e. The molecule has 390 valence electrons. The third kappa shape index (κ3) is 47.7. The lowest BCUT2D eigenvalue weighted by Crippen LogP contribution is -2.30. The van der Waals surface area contributed by atoms with Crippen LogP contribution in [0.3, 0.4) is 0 Å². The first-order valence-electron chi connectivity index (χ1n) is 26.5. The molecular weight excluding hydrogens is 880 g/mol. The van der Waals surface area contributed by atoms with Gasteiger partial charge in [0.05, 0.1) is 19.8 Å². The molecule has 12 heteroatoms. The van der Waals surface area contributed by atoms with Gasteiger partial charge >= 0.3 is 25.7 Å². The fraction of sp³-hybridized carbons (Fsp3) is 0.696. The molecule has 2 N–H and O–H groups in total. The zero-order chi connectivity index (χ0) is 49.9. The molecule has 0 aliphatic heterocycles. The van der Waals surface area contributed by atoms with Gasteiger partial charge in [-0.2, -0.15) is 0 Å². The van der Waals surface area contributed by atoms with Gasteiger partial charge in [0, 0.05) is 19.3 Å². The maximum Gasteiger partial charge on any atom is 0.472 e. The summed E-state index contributed by atoms with van der Waals surface area (Å²) in [5.41, 5.74) is 0. The van der Waals surface area contributed by atoms with Crippen LogP contribution in [0.1, 0.15) is 213 Å². The van der Waals surface area contributed by atoms with Crippen molar-refractivity contribution in [1.82, 2.24) is 0 Å². The van der Waals surface area contributed by atoms with E-state index in [0.29, 0.717) is 19.3 Å². The van der Waals surface area contributed by atoms with Gasteiger partial charge in [-0.05, 0) is 83.5 Å². The van der Waals surface area contributed by atoms with Crippen LogP contribution < -0.4 is 0 Å². The number of phosphoric acid groups is 1. The van der Waals surface area contributed by atoms with Crippen molar-refractivity contribution in [2.75, 3.05) is 26.4 Å². The molecule has 0 spiro atoms. The summed E-state index contributed by atoms with van der Waals surface area (Å²) in [5, 5.41) is 9.74. The Morgan fingerprint density at radius 2 is 0.794 bits per heavy atom. The van der Waals surface area contributed by atoms with Gasteiger partial charge in [-0.3, -0.25) is 23.4 Å². The second-order valence-corrected chi connectivity index (χ2v) is 18.8. The molecule has 0 aromatic rings. The number of hydrogen-bond donors (Lipinski definition) is 2. The van der Waals surface area contributed by atoms with Gasteiger partial charge in [-0.25, -0.2) is 4.57 Å². The van der Waals surface area contributed by atoms with E-state index in [9.17, 15) is 28.9 Å². The Labute approximate surface area is 413 Å². The molecule has 0 saturated heterocycles. The first-order valence-corrected chi connectivity index (χ1v) is 28.0. The van der Waals surface area contributed by atoms with E-state index in [-0.39, 0.29) is 25.9 Å². The van der Waals surface area contributed by atoms with E-state index in [1.165, 1.54) is 57.8 Å². The summed E-state index contributed by atoms with van der Waals surface area (Å²) in [5.74, 6) is -1.58. The lowest BCUT2D eigenvalue weighted by atomic mass is 10.1. The largest absolute Gasteiger partial charge is 0.472 e. The van der Waals surface area contributed by atoms with E-state index in [1.807, 2.05) is 12.2 Å². The lowest BCUT2D eigenvalue weighted by Gasteiger charge is -2.21. The molecule has 0 saturated carbocycles. The van der Waals surface area contributed by atoms with Gasteiger partial charge in [0.25, 0.3) is 0 Å². The molecule has 0 heterocycles. The fourth-order valence-corrected chi connectivity index (χ4v) is 7.57. The SMILES string of the molecule is CC/C=C\C/C=C\C/C=C\C/C=C\CCC(=O)OC(COC(=O)CCCCCCCC/C=C\C/C=C\C/C=C\CCCCC)COP(=O)(O)OCC(CO)OC(=O)CCCCCCCCCCC. The number of carbonyl (C=O) groups is 3. The predicted molar refractivity (Wildman–Crippen MR) is 279 cm³/mol. The molecule has 0 bridgehead atoms. The van der Waals surface area contributed by atoms with E-state index in [0.717, 1.165) is 96.3 Å². The van der Waals surface area contributed by atoms with E-state index in [1.54, 1.807) is 0 Å². The molecule has 11 nitrogen and oxygen atoms in total. The molecule has 0 amide bonds. The zero-order valence-corrected chi connectivity index (χ0v) is 43.7. The van der Waals surface area contributed by atoms with Crippen molar-refractivity contribution in [3.05, 3.63) is 85.1 Å². The second kappa shape index (κ2) is 50.1. The van der Waals surface area contributed by atoms with Crippen LogP contribution in [-0.2, 0) is 42.2 Å². The highest BCUT2D eigenvalue weighted by atomic mass is 31.2. The summed E-state index contributed by atoms with van der Waals surface area (Å²) in [6.45, 7) is 4.36. The monoisotopic (exact) mass is 975 g/mol. The normalized spacial score (nSPS) is 14.1. The number of aliphatic hydroxyl groups excluding tert-OH is 1. The Morgan fingerprint density at radius 3 is 1.29 bits per heavy atom. The number of hydrogen-bond acceptors (Lipinski definition) is 10. The third-order valence-electron chi connectivity index (χ3n) is 10.8. The molecule has 0 radical (unpaired) electrons. The standard InChI is InChI=1S/C56H95O11P/c1-4-7-10-13-16-19-21-23-24-25-26-27-28-30-31-34-36-39-42-45-54(58)63-49-53(67-56(60)47-44-41-38-35-32-29-22-20-17-14-11-8-5-2)51-65-68(61,62)64-50-52(48-57)66-55(59)46-43-40-37-33-18-15-12-9-6-3/h8,11,16-17,19-20,23-24,26-27,29,32,38,41,52-53,57H,4-7,9-10,12-15,18,21-22,25,28,30-31,33-37,39-40,42-51H2,1-3H3,(H,61,62)/b11-8-,19-16-,20-17-,24-23-,27-26-,32-29-,41-38-. The molecule has 0 rings (SSSR count). The van der Waals surface area contributed by atoms with Crippen molar-refractivity contribution < 1.29 is 52.2 Å². The minimum absolute atomic E-state index is 0.0412. The Morgan fingerprint density at radius 1 is 0.426 bits per heavy atom. The number of esters is 3. The molecule has 3 atom stereocenters. The van der Waals surface area contributed by atoms with E-state index >= 15 is 0 Å². The topological polar surface area (TPSA) is 155 Å². The van der Waals surface area contributed by atoms with Crippen LogP contribution in [-0.4, -0.2) is 66.5 Å². The number of phosphoric ester groups is 1. The number of unbranched alkanes of at least 4 members (excludes halogenated alkanes) is 17. The van der Waals surface area contributed by atoms with Crippen LogP contribution in [0, 0.1) is 0 Å². The first-order chi connectivity index (χ1) is 33.2. The van der Waals surface area contributed by atoms with E-state index in [2.05, 4.69) is 93.7 Å². The van der Waals surface area contributed by atoms with Crippen molar-refractivity contribution in [2.24, 2.45) is 0 Å². The van der Waals surface area contributed by atoms with Crippen molar-refractivity contribution in [3.8, 4) is 0 Å². The number of rotatable bonds is 48. The van der Waals surface area contributed by atoms with Gasteiger partial charge in [0.15, 0.2) is 6.10 Å². The number of aliphatic hydroxyl groups is 1. The van der Waals surface area contributed by atoms with Crippen molar-refractivity contribution in [2.45, 2.75) is 226 Å². The highest BCUT2D eigenvalue weighted by Crippen LogP contribution is 2.43. The summed E-state index contributed by atoms with van der Waals surface area (Å²) >= 11 is 0. The van der Waals surface area contributed by atoms with Gasteiger partial charge < -0.3 is 24.2 Å². The summed E-state index contributed by atoms with van der Waals surface area (Å²) in [4.78, 5) is 48.2. The molecule has 0 aliphatic carbocycles. The lowest BCUT2D eigenvalue weighted by molar-refractivity contribution is -0.161. The fourth-order valence-electron chi connectivity index (χ4n) is 6.79. The van der Waals surface area contributed by atoms with Crippen LogP contribution in [0.25, 0.3) is 0 Å². The zero-order valence-electron chi connectivity index (χ0n) is 42.8. The predicted octanol–water partition coefficient (Wildman–Crippen LogP) is 15.1. The third-order valence-corrected chi connectivity index (χ3v) is 11.8. The van der Waals surface area contributed by atoms with E-state index in [4.69, 9.17) is 23.3 Å². The quantitative estimate of drug-likeness (QED) is 0.0197. The first kappa shape index (κ1) is 64.7. The van der Waals surface area contributed by atoms with Crippen molar-refractivity contribution in [1.29, 1.82) is 0 Å². The average Bonchev–Trinajstić information content (AvgIpc) is 3.32. The van der Waals surface area contributed by atoms with Gasteiger partial charge in [-0.1, -0.05) is 196 Å². The number of carbonyl (C=O) groups excluding carboxylic acids is 3. The molecular formula is C56H95O11P. The number of allylic oxidation sites excluding steroid dienone is 14.